The molecule has 0 amide bonds. The number of ether oxygens (including phenoxy) is 2. The van der Waals surface area contributed by atoms with Gasteiger partial charge in [-0.15, -0.1) is 0 Å². The highest BCUT2D eigenvalue weighted by Crippen LogP contribution is 2.51. The standard InChI is InChI=1S/C22H23ClO5S/c1-5-21(3)20(29(4,25)26)19(27-17-11-12-18(23)15(2)13-17)22(14-24,28-21)16-9-7-6-8-10-16/h6-14H,5H2,1-4H3/t21-,22?/m1/s1. The zero-order valence-electron chi connectivity index (χ0n) is 16.7. The van der Waals surface area contributed by atoms with Gasteiger partial charge in [-0.25, -0.2) is 8.42 Å². The molecule has 1 aliphatic heterocycles. The largest absolute Gasteiger partial charge is 0.457 e. The van der Waals surface area contributed by atoms with Gasteiger partial charge in [-0.3, -0.25) is 4.79 Å². The quantitative estimate of drug-likeness (QED) is 0.622. The van der Waals surface area contributed by atoms with Crippen molar-refractivity contribution in [1.29, 1.82) is 0 Å². The first-order valence-corrected chi connectivity index (χ1v) is 11.5. The Morgan fingerprint density at radius 1 is 1.17 bits per heavy atom. The number of carbonyl (C=O) groups excluding carboxylic acids is 1. The van der Waals surface area contributed by atoms with Crippen molar-refractivity contribution in [2.45, 2.75) is 38.4 Å². The maximum Gasteiger partial charge on any atom is 0.207 e. The Labute approximate surface area is 176 Å². The predicted molar refractivity (Wildman–Crippen MR) is 113 cm³/mol. The molecule has 0 spiro atoms. The lowest BCUT2D eigenvalue weighted by Crippen LogP contribution is -2.37. The summed E-state index contributed by atoms with van der Waals surface area (Å²) in [6.07, 6.45) is 2.04. The third kappa shape index (κ3) is 3.72. The Morgan fingerprint density at radius 2 is 1.83 bits per heavy atom. The van der Waals surface area contributed by atoms with Gasteiger partial charge < -0.3 is 9.47 Å². The summed E-state index contributed by atoms with van der Waals surface area (Å²) in [5.41, 5.74) is -1.65. The molecule has 154 valence electrons. The molecule has 0 saturated carbocycles. The van der Waals surface area contributed by atoms with Crippen LogP contribution in [0.25, 0.3) is 0 Å². The minimum atomic E-state index is -3.75. The van der Waals surface area contributed by atoms with Gasteiger partial charge in [0.2, 0.25) is 5.60 Å². The van der Waals surface area contributed by atoms with Gasteiger partial charge in [0.1, 0.15) is 16.3 Å². The van der Waals surface area contributed by atoms with Crippen LogP contribution in [0.5, 0.6) is 5.75 Å². The molecule has 5 nitrogen and oxygen atoms in total. The normalized spacial score (nSPS) is 24.6. The van der Waals surface area contributed by atoms with Crippen LogP contribution in [0.4, 0.5) is 0 Å². The third-order valence-electron chi connectivity index (χ3n) is 5.17. The summed E-state index contributed by atoms with van der Waals surface area (Å²) in [6.45, 7) is 5.28. The van der Waals surface area contributed by atoms with Crippen LogP contribution in [0.1, 0.15) is 31.4 Å². The van der Waals surface area contributed by atoms with Crippen molar-refractivity contribution in [3.63, 3.8) is 0 Å². The number of rotatable bonds is 6. The van der Waals surface area contributed by atoms with Crippen LogP contribution >= 0.6 is 11.6 Å². The van der Waals surface area contributed by atoms with Gasteiger partial charge in [-0.2, -0.15) is 0 Å². The van der Waals surface area contributed by atoms with Gasteiger partial charge in [-0.05, 0) is 49.6 Å². The highest BCUT2D eigenvalue weighted by atomic mass is 35.5. The molecule has 0 saturated heterocycles. The summed E-state index contributed by atoms with van der Waals surface area (Å²) >= 11 is 6.10. The highest BCUT2D eigenvalue weighted by Gasteiger charge is 2.58. The number of benzene rings is 2. The Hall–Kier alpha value is -2.15. The molecule has 29 heavy (non-hydrogen) atoms. The minimum absolute atomic E-state index is 0.0314. The molecule has 1 heterocycles. The van der Waals surface area contributed by atoms with Gasteiger partial charge in [-0.1, -0.05) is 48.9 Å². The first kappa shape index (κ1) is 21.6. The Morgan fingerprint density at radius 3 is 2.34 bits per heavy atom. The van der Waals surface area contributed by atoms with Crippen LogP contribution in [0, 0.1) is 6.92 Å². The molecule has 2 aromatic carbocycles. The van der Waals surface area contributed by atoms with Crippen LogP contribution in [0.3, 0.4) is 0 Å². The van der Waals surface area contributed by atoms with Crippen LogP contribution in [-0.4, -0.2) is 26.6 Å². The van der Waals surface area contributed by atoms with Crippen LogP contribution in [0.2, 0.25) is 5.02 Å². The molecular weight excluding hydrogens is 412 g/mol. The van der Waals surface area contributed by atoms with E-state index in [1.807, 2.05) is 6.92 Å². The Balaban J connectivity index is 2.32. The molecule has 0 aromatic heterocycles. The summed E-state index contributed by atoms with van der Waals surface area (Å²) in [7, 11) is -3.75. The van der Waals surface area contributed by atoms with Crippen LogP contribution < -0.4 is 4.74 Å². The van der Waals surface area contributed by atoms with E-state index in [1.54, 1.807) is 62.4 Å². The summed E-state index contributed by atoms with van der Waals surface area (Å²) in [4.78, 5) is 12.4. The predicted octanol–water partition coefficient (Wildman–Crippen LogP) is 4.58. The summed E-state index contributed by atoms with van der Waals surface area (Å²) in [6, 6.07) is 13.7. The lowest BCUT2D eigenvalue weighted by atomic mass is 9.93. The molecule has 0 fully saturated rings. The number of carbonyl (C=O) groups is 1. The fourth-order valence-corrected chi connectivity index (χ4v) is 5.21. The summed E-state index contributed by atoms with van der Waals surface area (Å²) in [5, 5.41) is 0.556. The first-order chi connectivity index (χ1) is 13.6. The van der Waals surface area contributed by atoms with E-state index in [4.69, 9.17) is 21.1 Å². The molecule has 2 aromatic rings. The SMILES string of the molecule is CC[C@@]1(C)OC(C=O)(c2ccccc2)C(Oc2ccc(Cl)c(C)c2)=C1S(C)(=O)=O. The molecule has 0 aliphatic carbocycles. The third-order valence-corrected chi connectivity index (χ3v) is 6.96. The zero-order chi connectivity index (χ0) is 21.4. The number of hydrogen-bond donors (Lipinski definition) is 0. The van der Waals surface area contributed by atoms with Gasteiger partial charge in [0.15, 0.2) is 21.9 Å². The van der Waals surface area contributed by atoms with Crippen molar-refractivity contribution in [1.82, 2.24) is 0 Å². The number of hydrogen-bond acceptors (Lipinski definition) is 5. The van der Waals surface area contributed by atoms with Gasteiger partial charge in [0.05, 0.1) is 0 Å². The molecule has 3 rings (SSSR count). The minimum Gasteiger partial charge on any atom is -0.457 e. The van der Waals surface area contributed by atoms with Crippen LogP contribution in [0.15, 0.2) is 59.2 Å². The Bertz CT molecular complexity index is 1080. The highest BCUT2D eigenvalue weighted by molar-refractivity contribution is 7.94. The lowest BCUT2D eigenvalue weighted by molar-refractivity contribution is -0.141. The van der Waals surface area contributed by atoms with Crippen molar-refractivity contribution in [3.8, 4) is 5.75 Å². The van der Waals surface area contributed by atoms with Crippen LogP contribution in [-0.2, 0) is 25.0 Å². The molecule has 2 atom stereocenters. The van der Waals surface area contributed by atoms with E-state index in [2.05, 4.69) is 0 Å². The van der Waals surface area contributed by atoms with Gasteiger partial charge >= 0.3 is 0 Å². The van der Waals surface area contributed by atoms with E-state index in [-0.39, 0.29) is 10.7 Å². The average Bonchev–Trinajstić information content (AvgIpc) is 2.95. The van der Waals surface area contributed by atoms with Crippen molar-refractivity contribution >= 4 is 27.7 Å². The van der Waals surface area contributed by atoms with E-state index in [9.17, 15) is 13.2 Å². The maximum atomic E-state index is 12.8. The first-order valence-electron chi connectivity index (χ1n) is 9.18. The fourth-order valence-electron chi connectivity index (χ4n) is 3.59. The second kappa shape index (κ2) is 7.59. The number of sulfone groups is 1. The molecule has 0 bridgehead atoms. The summed E-state index contributed by atoms with van der Waals surface area (Å²) in [5.74, 6) is 0.335. The number of halogens is 1. The van der Waals surface area contributed by atoms with Crippen molar-refractivity contribution in [2.24, 2.45) is 0 Å². The molecule has 7 heteroatoms. The van der Waals surface area contributed by atoms with Crippen molar-refractivity contribution < 1.29 is 22.7 Å². The topological polar surface area (TPSA) is 69.7 Å². The van der Waals surface area contributed by atoms with Crippen molar-refractivity contribution in [2.75, 3.05) is 6.26 Å². The van der Waals surface area contributed by atoms with Gasteiger partial charge in [0.25, 0.3) is 0 Å². The second-order valence-corrected chi connectivity index (χ2v) is 9.71. The average molecular weight is 435 g/mol. The molecule has 1 unspecified atom stereocenters. The van der Waals surface area contributed by atoms with Crippen molar-refractivity contribution in [3.05, 3.63) is 75.3 Å². The number of aldehydes is 1. The van der Waals surface area contributed by atoms with E-state index < -0.39 is 21.0 Å². The maximum absolute atomic E-state index is 12.8. The fraction of sp³-hybridized carbons (Fsp3) is 0.318. The van der Waals surface area contributed by atoms with E-state index in [1.165, 1.54) is 0 Å². The molecule has 0 N–H and O–H groups in total. The van der Waals surface area contributed by atoms with E-state index in [0.29, 0.717) is 29.0 Å². The monoisotopic (exact) mass is 434 g/mol. The lowest BCUT2D eigenvalue weighted by Gasteiger charge is -2.30. The molecule has 0 radical (unpaired) electrons. The number of aryl methyl sites for hydroxylation is 1. The smallest absolute Gasteiger partial charge is 0.207 e. The van der Waals surface area contributed by atoms with Gasteiger partial charge in [0, 0.05) is 11.3 Å². The summed E-state index contributed by atoms with van der Waals surface area (Å²) < 4.78 is 37.9. The second-order valence-electron chi connectivity index (χ2n) is 7.35. The molecule has 1 aliphatic rings. The Kier molecular flexibility index (Phi) is 5.64. The molecular formula is C22H23ClO5S. The zero-order valence-corrected chi connectivity index (χ0v) is 18.3. The van der Waals surface area contributed by atoms with E-state index in [0.717, 1.165) is 11.8 Å². The van der Waals surface area contributed by atoms with E-state index >= 15 is 0 Å².